The van der Waals surface area contributed by atoms with Gasteiger partial charge in [-0.05, 0) is 85.9 Å². The molecule has 0 atom stereocenters. The Morgan fingerprint density at radius 2 is 1.80 bits per heavy atom. The minimum atomic E-state index is -0.0876. The number of methoxy groups -OCH3 is 1. The van der Waals surface area contributed by atoms with Crippen molar-refractivity contribution in [3.8, 4) is 23.0 Å². The van der Waals surface area contributed by atoms with Gasteiger partial charge >= 0.3 is 0 Å². The Labute approximate surface area is 234 Å². The SMILES string of the molecule is COc1cc2c(Oc3ccc4cc(NC(=O)C5=CCCC=C5)ccc4c3)ccnc2cc1OCCN1CCCC1. The van der Waals surface area contributed by atoms with Crippen molar-refractivity contribution in [2.45, 2.75) is 25.7 Å². The number of likely N-dealkylation sites (tertiary alicyclic amines) is 1. The molecule has 1 N–H and O–H groups in total. The molecule has 204 valence electrons. The standard InChI is InChI=1S/C33H33N3O4/c1-38-31-21-28-29(22-32(31)39-18-17-36-15-5-6-16-36)34-14-13-30(28)40-27-12-10-24-19-26(11-9-25(24)20-27)35-33(37)23-7-3-2-4-8-23/h3,7-14,19-22H,2,4-6,15-18H2,1H3,(H,35,37). The van der Waals surface area contributed by atoms with Crippen LogP contribution < -0.4 is 19.5 Å². The van der Waals surface area contributed by atoms with Crippen LogP contribution in [-0.2, 0) is 4.79 Å². The van der Waals surface area contributed by atoms with Gasteiger partial charge in [0.05, 0.1) is 12.6 Å². The number of carbonyl (C=O) groups is 1. The van der Waals surface area contributed by atoms with Crippen molar-refractivity contribution in [3.05, 3.63) is 84.6 Å². The quantitative estimate of drug-likeness (QED) is 0.252. The van der Waals surface area contributed by atoms with Gasteiger partial charge in [0.25, 0.3) is 5.91 Å². The summed E-state index contributed by atoms with van der Waals surface area (Å²) in [5, 5.41) is 5.86. The third-order valence-electron chi connectivity index (χ3n) is 7.41. The lowest BCUT2D eigenvalue weighted by molar-refractivity contribution is -0.112. The van der Waals surface area contributed by atoms with E-state index in [9.17, 15) is 4.79 Å². The lowest BCUT2D eigenvalue weighted by Gasteiger charge is -2.17. The largest absolute Gasteiger partial charge is 0.493 e. The van der Waals surface area contributed by atoms with Gasteiger partial charge < -0.3 is 19.5 Å². The Morgan fingerprint density at radius 3 is 2.62 bits per heavy atom. The number of nitrogens with one attached hydrogen (secondary N) is 1. The fourth-order valence-electron chi connectivity index (χ4n) is 5.26. The number of carbonyl (C=O) groups excluding carboxylic acids is 1. The second-order valence-electron chi connectivity index (χ2n) is 10.1. The molecule has 4 aromatic rings. The number of benzene rings is 3. The van der Waals surface area contributed by atoms with Gasteiger partial charge in [0, 0.05) is 35.5 Å². The van der Waals surface area contributed by atoms with Crippen LogP contribution in [0.25, 0.3) is 21.7 Å². The predicted molar refractivity (Wildman–Crippen MR) is 159 cm³/mol. The van der Waals surface area contributed by atoms with E-state index in [1.54, 1.807) is 13.3 Å². The van der Waals surface area contributed by atoms with Crippen molar-refractivity contribution in [3.63, 3.8) is 0 Å². The molecule has 0 saturated carbocycles. The Morgan fingerprint density at radius 1 is 0.950 bits per heavy atom. The van der Waals surface area contributed by atoms with E-state index in [0.717, 1.165) is 59.8 Å². The maximum absolute atomic E-state index is 12.6. The molecule has 1 aromatic heterocycles. The zero-order valence-corrected chi connectivity index (χ0v) is 22.7. The molecule has 40 heavy (non-hydrogen) atoms. The van der Waals surface area contributed by atoms with Gasteiger partial charge in [-0.3, -0.25) is 14.7 Å². The summed E-state index contributed by atoms with van der Waals surface area (Å²) in [4.78, 5) is 19.5. The van der Waals surface area contributed by atoms with Crippen molar-refractivity contribution < 1.29 is 19.0 Å². The molecule has 7 heteroatoms. The molecule has 7 nitrogen and oxygen atoms in total. The summed E-state index contributed by atoms with van der Waals surface area (Å²) >= 11 is 0. The molecule has 1 fully saturated rings. The van der Waals surface area contributed by atoms with E-state index in [0.29, 0.717) is 35.2 Å². The number of ether oxygens (including phenoxy) is 3. The van der Waals surface area contributed by atoms with Gasteiger partial charge in [0.2, 0.25) is 0 Å². The van der Waals surface area contributed by atoms with Crippen molar-refractivity contribution >= 4 is 33.3 Å². The lowest BCUT2D eigenvalue weighted by atomic mass is 10.1. The molecular formula is C33H33N3O4. The topological polar surface area (TPSA) is 72.9 Å². The number of anilines is 1. The van der Waals surface area contributed by atoms with E-state index in [2.05, 4.69) is 15.2 Å². The first-order chi connectivity index (χ1) is 19.7. The van der Waals surface area contributed by atoms with Gasteiger partial charge in [0.1, 0.15) is 18.1 Å². The molecule has 1 aliphatic heterocycles. The minimum Gasteiger partial charge on any atom is -0.493 e. The number of nitrogens with zero attached hydrogens (tertiary/aromatic N) is 2. The molecule has 2 heterocycles. The molecule has 3 aromatic carbocycles. The first kappa shape index (κ1) is 25.9. The van der Waals surface area contributed by atoms with Gasteiger partial charge in [-0.15, -0.1) is 0 Å². The second-order valence-corrected chi connectivity index (χ2v) is 10.1. The summed E-state index contributed by atoms with van der Waals surface area (Å²) in [6, 6.07) is 17.5. The highest BCUT2D eigenvalue weighted by Gasteiger charge is 2.15. The van der Waals surface area contributed by atoms with Crippen LogP contribution in [0.4, 0.5) is 5.69 Å². The first-order valence-corrected chi connectivity index (χ1v) is 13.9. The van der Waals surface area contributed by atoms with Gasteiger partial charge in [-0.25, -0.2) is 0 Å². The summed E-state index contributed by atoms with van der Waals surface area (Å²) in [7, 11) is 1.65. The average molecular weight is 536 g/mol. The van der Waals surface area contributed by atoms with Gasteiger partial charge in [0.15, 0.2) is 11.5 Å². The Bertz CT molecular complexity index is 1600. The molecule has 1 amide bonds. The lowest BCUT2D eigenvalue weighted by Crippen LogP contribution is -2.25. The number of fused-ring (bicyclic) bond motifs is 2. The first-order valence-electron chi connectivity index (χ1n) is 13.9. The molecule has 0 spiro atoms. The molecule has 0 radical (unpaired) electrons. The monoisotopic (exact) mass is 535 g/mol. The number of amides is 1. The maximum Gasteiger partial charge on any atom is 0.255 e. The fraction of sp³-hybridized carbons (Fsp3) is 0.273. The molecule has 0 unspecified atom stereocenters. The van der Waals surface area contributed by atoms with Gasteiger partial charge in [-0.2, -0.15) is 0 Å². The van der Waals surface area contributed by atoms with E-state index < -0.39 is 0 Å². The van der Waals surface area contributed by atoms with E-state index in [4.69, 9.17) is 14.2 Å². The van der Waals surface area contributed by atoms with E-state index in [-0.39, 0.29) is 5.91 Å². The highest BCUT2D eigenvalue weighted by Crippen LogP contribution is 2.37. The number of rotatable bonds is 9. The van der Waals surface area contributed by atoms with Crippen molar-refractivity contribution in [2.75, 3.05) is 38.7 Å². The summed E-state index contributed by atoms with van der Waals surface area (Å²) in [6.07, 6.45) is 12.0. The Hall–Kier alpha value is -4.36. The highest BCUT2D eigenvalue weighted by molar-refractivity contribution is 6.06. The van der Waals surface area contributed by atoms with Crippen LogP contribution in [0.1, 0.15) is 25.7 Å². The molecule has 2 aliphatic rings. The van der Waals surface area contributed by atoms with Crippen LogP contribution in [0.5, 0.6) is 23.0 Å². The van der Waals surface area contributed by atoms with Gasteiger partial charge in [-0.1, -0.05) is 30.4 Å². The predicted octanol–water partition coefficient (Wildman–Crippen LogP) is 6.88. The van der Waals surface area contributed by atoms with Crippen LogP contribution in [0.3, 0.4) is 0 Å². The Kier molecular flexibility index (Phi) is 7.64. The number of aromatic nitrogens is 1. The smallest absolute Gasteiger partial charge is 0.255 e. The van der Waals surface area contributed by atoms with Crippen molar-refractivity contribution in [2.24, 2.45) is 0 Å². The molecule has 1 saturated heterocycles. The van der Waals surface area contributed by atoms with Crippen LogP contribution in [0, 0.1) is 0 Å². The van der Waals surface area contributed by atoms with E-state index >= 15 is 0 Å². The second kappa shape index (κ2) is 11.8. The third-order valence-corrected chi connectivity index (χ3v) is 7.41. The van der Waals surface area contributed by atoms with Crippen molar-refractivity contribution in [1.29, 1.82) is 0 Å². The normalized spacial score (nSPS) is 15.3. The third kappa shape index (κ3) is 5.80. The number of allylic oxidation sites excluding steroid dienone is 2. The number of hydrogen-bond acceptors (Lipinski definition) is 6. The zero-order valence-electron chi connectivity index (χ0n) is 22.7. The minimum absolute atomic E-state index is 0.0876. The summed E-state index contributed by atoms with van der Waals surface area (Å²) in [5.41, 5.74) is 2.24. The molecule has 6 rings (SSSR count). The van der Waals surface area contributed by atoms with Crippen LogP contribution in [-0.4, -0.2) is 49.1 Å². The average Bonchev–Trinajstić information content (AvgIpc) is 3.51. The maximum atomic E-state index is 12.6. The van der Waals surface area contributed by atoms with E-state index in [1.807, 2.05) is 72.8 Å². The summed E-state index contributed by atoms with van der Waals surface area (Å²) in [6.45, 7) is 3.80. The van der Waals surface area contributed by atoms with Crippen LogP contribution >= 0.6 is 0 Å². The van der Waals surface area contributed by atoms with Crippen LogP contribution in [0.15, 0.2) is 84.6 Å². The molecule has 0 bridgehead atoms. The highest BCUT2D eigenvalue weighted by atomic mass is 16.5. The van der Waals surface area contributed by atoms with E-state index in [1.165, 1.54) is 12.8 Å². The summed E-state index contributed by atoms with van der Waals surface area (Å²) in [5.74, 6) is 2.64. The molecular weight excluding hydrogens is 502 g/mol. The van der Waals surface area contributed by atoms with Crippen LogP contribution in [0.2, 0.25) is 0 Å². The van der Waals surface area contributed by atoms with Crippen molar-refractivity contribution in [1.82, 2.24) is 9.88 Å². The Balaban J connectivity index is 1.18. The number of hydrogen-bond donors (Lipinski definition) is 1. The fourth-order valence-corrected chi connectivity index (χ4v) is 5.26. The summed E-state index contributed by atoms with van der Waals surface area (Å²) < 4.78 is 18.1. The molecule has 1 aliphatic carbocycles. The zero-order chi connectivity index (χ0) is 27.3. The number of pyridine rings is 1.